The van der Waals surface area contributed by atoms with E-state index in [-0.39, 0.29) is 28.6 Å². The highest BCUT2D eigenvalue weighted by Gasteiger charge is 2.35. The van der Waals surface area contributed by atoms with E-state index in [0.29, 0.717) is 11.3 Å². The lowest BCUT2D eigenvalue weighted by atomic mass is 10.1. The van der Waals surface area contributed by atoms with Gasteiger partial charge >= 0.3 is 0 Å². The van der Waals surface area contributed by atoms with Crippen molar-refractivity contribution in [2.75, 3.05) is 25.1 Å². The van der Waals surface area contributed by atoms with Crippen molar-refractivity contribution in [1.29, 1.82) is 0 Å². The van der Waals surface area contributed by atoms with Gasteiger partial charge in [-0.1, -0.05) is 29.8 Å². The molecule has 0 spiro atoms. The minimum absolute atomic E-state index is 0.0642. The number of anilines is 1. The van der Waals surface area contributed by atoms with E-state index in [1.807, 2.05) is 0 Å². The first-order valence-electron chi connectivity index (χ1n) is 13.8. The highest BCUT2D eigenvalue weighted by atomic mass is 35.5. The molecule has 0 fully saturated rings. The van der Waals surface area contributed by atoms with E-state index in [0.717, 1.165) is 10.4 Å². The molecule has 0 aromatic heterocycles. The molecule has 3 aromatic rings. The summed E-state index contributed by atoms with van der Waals surface area (Å²) < 4.78 is 40.0. The van der Waals surface area contributed by atoms with Crippen molar-refractivity contribution >= 4 is 44.8 Å². The van der Waals surface area contributed by atoms with Crippen LogP contribution in [0.4, 0.5) is 11.4 Å². The second kappa shape index (κ2) is 14.2. The number of hydrogen-bond donors (Lipinski definition) is 1. The molecule has 12 nitrogen and oxygen atoms in total. The Balaban J connectivity index is 2.18. The summed E-state index contributed by atoms with van der Waals surface area (Å²) in [5, 5.41) is 14.7. The van der Waals surface area contributed by atoms with Crippen LogP contribution in [0.5, 0.6) is 11.5 Å². The lowest BCUT2D eigenvalue weighted by Crippen LogP contribution is -2.54. The zero-order chi connectivity index (χ0) is 33.7. The summed E-state index contributed by atoms with van der Waals surface area (Å²) in [6.45, 7) is 7.56. The molecule has 0 aliphatic carbocycles. The minimum atomic E-state index is -4.64. The van der Waals surface area contributed by atoms with E-state index in [1.165, 1.54) is 56.4 Å². The number of nitrogens with zero attached hydrogens (tertiary/aromatic N) is 3. The molecule has 1 atom stereocenters. The normalized spacial score (nSPS) is 12.2. The molecule has 1 N–H and O–H groups in total. The third kappa shape index (κ3) is 8.64. The lowest BCUT2D eigenvalue weighted by Gasteiger charge is -2.33. The fourth-order valence-corrected chi connectivity index (χ4v) is 6.07. The van der Waals surface area contributed by atoms with Gasteiger partial charge in [-0.3, -0.25) is 24.0 Å². The summed E-state index contributed by atoms with van der Waals surface area (Å²) in [6, 6.07) is 13.6. The number of benzene rings is 3. The number of methoxy groups -OCH3 is 2. The highest BCUT2D eigenvalue weighted by molar-refractivity contribution is 7.92. The summed E-state index contributed by atoms with van der Waals surface area (Å²) in [5.41, 5.74) is -0.214. The van der Waals surface area contributed by atoms with Crippen molar-refractivity contribution in [1.82, 2.24) is 10.2 Å². The van der Waals surface area contributed by atoms with Gasteiger partial charge in [0.25, 0.3) is 15.7 Å². The number of sulfonamides is 1. The molecular formula is C31H37ClN4O8S. The number of nitro benzene ring substituents is 1. The van der Waals surface area contributed by atoms with E-state index in [1.54, 1.807) is 52.0 Å². The quantitative estimate of drug-likeness (QED) is 0.208. The average molecular weight is 661 g/mol. The maximum atomic E-state index is 14.2. The fourth-order valence-electron chi connectivity index (χ4n) is 4.47. The van der Waals surface area contributed by atoms with Crippen LogP contribution in [0.25, 0.3) is 0 Å². The molecule has 14 heteroatoms. The maximum absolute atomic E-state index is 14.2. The Morgan fingerprint density at radius 3 is 2.33 bits per heavy atom. The largest absolute Gasteiger partial charge is 0.497 e. The van der Waals surface area contributed by atoms with Crippen molar-refractivity contribution in [3.63, 3.8) is 0 Å². The zero-order valence-electron chi connectivity index (χ0n) is 26.2. The Bertz CT molecular complexity index is 1690. The fraction of sp³-hybridized carbons (Fsp3) is 0.355. The molecule has 1 unspecified atom stereocenters. The minimum Gasteiger partial charge on any atom is -0.497 e. The Morgan fingerprint density at radius 2 is 1.73 bits per heavy atom. The number of carbonyl (C=O) groups is 2. The third-order valence-corrected chi connectivity index (χ3v) is 8.80. The number of nitrogens with one attached hydrogen (secondary N) is 1. The molecule has 242 valence electrons. The van der Waals surface area contributed by atoms with Crippen molar-refractivity contribution in [2.24, 2.45) is 0 Å². The summed E-state index contributed by atoms with van der Waals surface area (Å²) in [5.74, 6) is -0.583. The molecule has 45 heavy (non-hydrogen) atoms. The molecule has 3 rings (SSSR count). The van der Waals surface area contributed by atoms with Gasteiger partial charge in [0.1, 0.15) is 24.1 Å². The molecule has 3 aromatic carbocycles. The zero-order valence-corrected chi connectivity index (χ0v) is 27.7. The van der Waals surface area contributed by atoms with Gasteiger partial charge in [0, 0.05) is 28.7 Å². The van der Waals surface area contributed by atoms with Crippen LogP contribution in [-0.2, 0) is 26.2 Å². The smallest absolute Gasteiger partial charge is 0.273 e. The van der Waals surface area contributed by atoms with Crippen molar-refractivity contribution in [3.05, 3.63) is 86.9 Å². The summed E-state index contributed by atoms with van der Waals surface area (Å²) in [7, 11) is -1.82. The number of rotatable bonds is 12. The Kier molecular flexibility index (Phi) is 11.1. The molecule has 0 bridgehead atoms. The first-order chi connectivity index (χ1) is 21.0. The van der Waals surface area contributed by atoms with Gasteiger partial charge in [0.05, 0.1) is 29.7 Å². The lowest BCUT2D eigenvalue weighted by molar-refractivity contribution is -0.385. The molecule has 0 heterocycles. The third-order valence-electron chi connectivity index (χ3n) is 6.81. The molecule has 0 saturated heterocycles. The van der Waals surface area contributed by atoms with Crippen LogP contribution in [0.1, 0.15) is 38.8 Å². The standard InChI is InChI=1S/C31H37ClN4O8S/c1-20-11-13-25(17-26(20)36(39)40)45(41,42)35(27-16-23(32)12-14-28(27)44-7)19-29(37)34(21(2)30(38)33-31(3,4)5)18-22-9-8-10-24(15-22)43-6/h8-17,21H,18-19H2,1-7H3,(H,33,38). The number of hydrogen-bond acceptors (Lipinski definition) is 8. The monoisotopic (exact) mass is 660 g/mol. The van der Waals surface area contributed by atoms with Crippen molar-refractivity contribution in [2.45, 2.75) is 57.6 Å². The van der Waals surface area contributed by atoms with E-state index in [9.17, 15) is 28.1 Å². The van der Waals surface area contributed by atoms with Crippen molar-refractivity contribution in [3.8, 4) is 11.5 Å². The topological polar surface area (TPSA) is 148 Å². The second-order valence-corrected chi connectivity index (χ2v) is 13.6. The maximum Gasteiger partial charge on any atom is 0.273 e. The number of aryl methyl sites for hydroxylation is 1. The number of carbonyl (C=O) groups excluding carboxylic acids is 2. The molecule has 0 radical (unpaired) electrons. The van der Waals surface area contributed by atoms with Crippen LogP contribution in [0.15, 0.2) is 65.6 Å². The van der Waals surface area contributed by atoms with Crippen LogP contribution < -0.4 is 19.1 Å². The van der Waals surface area contributed by atoms with E-state index in [4.69, 9.17) is 21.1 Å². The van der Waals surface area contributed by atoms with E-state index in [2.05, 4.69) is 5.32 Å². The van der Waals surface area contributed by atoms with Gasteiger partial charge in [0.15, 0.2) is 0 Å². The number of halogens is 1. The number of nitro groups is 1. The van der Waals surface area contributed by atoms with Crippen LogP contribution in [0.3, 0.4) is 0 Å². The van der Waals surface area contributed by atoms with Crippen LogP contribution in [0.2, 0.25) is 5.02 Å². The predicted molar refractivity (Wildman–Crippen MR) is 171 cm³/mol. The van der Waals surface area contributed by atoms with Crippen LogP contribution >= 0.6 is 11.6 Å². The van der Waals surface area contributed by atoms with Crippen molar-refractivity contribution < 1.29 is 32.4 Å². The van der Waals surface area contributed by atoms with Gasteiger partial charge in [-0.2, -0.15) is 0 Å². The average Bonchev–Trinajstić information content (AvgIpc) is 2.97. The Hall–Kier alpha value is -4.36. The number of amides is 2. The second-order valence-electron chi connectivity index (χ2n) is 11.3. The molecule has 0 aliphatic heterocycles. The molecule has 2 amide bonds. The first-order valence-corrected chi connectivity index (χ1v) is 15.7. The van der Waals surface area contributed by atoms with Crippen LogP contribution in [0, 0.1) is 17.0 Å². The number of ether oxygens (including phenoxy) is 2. The van der Waals surface area contributed by atoms with E-state index < -0.39 is 55.5 Å². The van der Waals surface area contributed by atoms with E-state index >= 15 is 0 Å². The van der Waals surface area contributed by atoms with Gasteiger partial charge in [-0.15, -0.1) is 0 Å². The van der Waals surface area contributed by atoms with Gasteiger partial charge in [0.2, 0.25) is 11.8 Å². The van der Waals surface area contributed by atoms with Gasteiger partial charge in [-0.25, -0.2) is 8.42 Å². The Labute approximate surface area is 268 Å². The molecular weight excluding hydrogens is 624 g/mol. The predicted octanol–water partition coefficient (Wildman–Crippen LogP) is 5.10. The Morgan fingerprint density at radius 1 is 1.04 bits per heavy atom. The summed E-state index contributed by atoms with van der Waals surface area (Å²) in [4.78, 5) is 39.3. The van der Waals surface area contributed by atoms with Crippen LogP contribution in [-0.4, -0.2) is 62.4 Å². The molecule has 0 aliphatic rings. The highest BCUT2D eigenvalue weighted by Crippen LogP contribution is 2.36. The summed E-state index contributed by atoms with van der Waals surface area (Å²) in [6.07, 6.45) is 0. The summed E-state index contributed by atoms with van der Waals surface area (Å²) >= 11 is 6.26. The molecule has 0 saturated carbocycles. The van der Waals surface area contributed by atoms with Gasteiger partial charge in [-0.05, 0) is 76.6 Å². The van der Waals surface area contributed by atoms with Gasteiger partial charge < -0.3 is 19.7 Å². The SMILES string of the molecule is COc1cccc(CN(C(=O)CN(c2cc(Cl)ccc2OC)S(=O)(=O)c2ccc(C)c([N+](=O)[O-])c2)C(C)C(=O)NC(C)(C)C)c1. The first kappa shape index (κ1) is 35.1.